The Morgan fingerprint density at radius 3 is 2.42 bits per heavy atom. The maximum Gasteiger partial charge on any atom is 0.224 e. The molecule has 3 N–H and O–H groups in total. The summed E-state index contributed by atoms with van der Waals surface area (Å²) in [4.78, 5) is 11.6. The molecule has 1 aromatic carbocycles. The molecule has 6 heteroatoms. The van der Waals surface area contributed by atoms with Crippen LogP contribution in [0.25, 0.3) is 0 Å². The Morgan fingerprint density at radius 2 is 1.89 bits per heavy atom. The van der Waals surface area contributed by atoms with Crippen LogP contribution in [-0.4, -0.2) is 31.2 Å². The van der Waals surface area contributed by atoms with E-state index < -0.39 is 23.3 Å². The van der Waals surface area contributed by atoms with Crippen LogP contribution >= 0.6 is 0 Å². The van der Waals surface area contributed by atoms with E-state index in [-0.39, 0.29) is 18.4 Å². The molecule has 19 heavy (non-hydrogen) atoms. The lowest BCUT2D eigenvalue weighted by Crippen LogP contribution is -2.36. The molecule has 0 aliphatic heterocycles. The van der Waals surface area contributed by atoms with Gasteiger partial charge in [0.05, 0.1) is 5.56 Å². The Balaban J connectivity index is 2.61. The summed E-state index contributed by atoms with van der Waals surface area (Å²) in [6.45, 7) is 1.96. The van der Waals surface area contributed by atoms with E-state index in [9.17, 15) is 18.7 Å². The molecule has 1 amide bonds. The van der Waals surface area contributed by atoms with Gasteiger partial charge in [-0.05, 0) is 19.2 Å². The van der Waals surface area contributed by atoms with Crippen LogP contribution in [0.2, 0.25) is 0 Å². The monoisotopic (exact) mass is 272 g/mol. The lowest BCUT2D eigenvalue weighted by atomic mass is 10.1. The molecule has 0 radical (unpaired) electrons. The maximum atomic E-state index is 13.4. The van der Waals surface area contributed by atoms with Crippen LogP contribution < -0.4 is 10.6 Å². The van der Waals surface area contributed by atoms with E-state index in [0.29, 0.717) is 6.54 Å². The summed E-state index contributed by atoms with van der Waals surface area (Å²) in [5.74, 6) is -2.23. The number of aliphatic hydroxyl groups is 1. The fraction of sp³-hybridized carbons (Fsp3) is 0.462. The summed E-state index contributed by atoms with van der Waals surface area (Å²) in [5.41, 5.74) is -0.427. The largest absolute Gasteiger partial charge is 0.386 e. The summed E-state index contributed by atoms with van der Waals surface area (Å²) in [6.07, 6.45) is -1.41. The average Bonchev–Trinajstić information content (AvgIpc) is 2.36. The van der Waals surface area contributed by atoms with Gasteiger partial charge in [-0.3, -0.25) is 4.79 Å². The topological polar surface area (TPSA) is 61.4 Å². The maximum absolute atomic E-state index is 13.4. The zero-order valence-corrected chi connectivity index (χ0v) is 10.9. The SMILES string of the molecule is CNCC(C)C(=O)NCC(O)c1c(F)cccc1F. The lowest BCUT2D eigenvalue weighted by molar-refractivity contribution is -0.124. The molecule has 0 heterocycles. The first kappa shape index (κ1) is 15.5. The van der Waals surface area contributed by atoms with E-state index in [4.69, 9.17) is 0 Å². The van der Waals surface area contributed by atoms with Gasteiger partial charge in [0.25, 0.3) is 0 Å². The van der Waals surface area contributed by atoms with E-state index in [1.807, 2.05) is 0 Å². The van der Waals surface area contributed by atoms with E-state index in [1.165, 1.54) is 6.07 Å². The van der Waals surface area contributed by atoms with E-state index in [1.54, 1.807) is 14.0 Å². The van der Waals surface area contributed by atoms with Gasteiger partial charge in [0.1, 0.15) is 17.7 Å². The van der Waals surface area contributed by atoms with Crippen molar-refractivity contribution >= 4 is 5.91 Å². The van der Waals surface area contributed by atoms with Crippen molar-refractivity contribution in [1.82, 2.24) is 10.6 Å². The smallest absolute Gasteiger partial charge is 0.224 e. The Labute approximate surface area is 110 Å². The van der Waals surface area contributed by atoms with Crippen molar-refractivity contribution in [3.8, 4) is 0 Å². The number of halogens is 2. The molecule has 1 aromatic rings. The van der Waals surface area contributed by atoms with Crippen molar-refractivity contribution in [3.05, 3.63) is 35.4 Å². The first-order valence-corrected chi connectivity index (χ1v) is 6.01. The van der Waals surface area contributed by atoms with Crippen LogP contribution in [0.4, 0.5) is 8.78 Å². The van der Waals surface area contributed by atoms with Crippen molar-refractivity contribution < 1.29 is 18.7 Å². The minimum absolute atomic E-state index is 0.231. The fourth-order valence-electron chi connectivity index (χ4n) is 1.70. The van der Waals surface area contributed by atoms with Crippen LogP contribution in [0.1, 0.15) is 18.6 Å². The van der Waals surface area contributed by atoms with E-state index in [0.717, 1.165) is 12.1 Å². The minimum atomic E-state index is -1.41. The molecule has 0 aromatic heterocycles. The van der Waals surface area contributed by atoms with Crippen molar-refractivity contribution in [2.24, 2.45) is 5.92 Å². The number of carbonyl (C=O) groups is 1. The Hall–Kier alpha value is -1.53. The van der Waals surface area contributed by atoms with Crippen molar-refractivity contribution in [2.75, 3.05) is 20.1 Å². The van der Waals surface area contributed by atoms with Crippen molar-refractivity contribution in [3.63, 3.8) is 0 Å². The van der Waals surface area contributed by atoms with Gasteiger partial charge in [-0.1, -0.05) is 13.0 Å². The molecule has 0 aliphatic carbocycles. The molecule has 2 atom stereocenters. The third-order valence-electron chi connectivity index (χ3n) is 2.76. The van der Waals surface area contributed by atoms with Crippen LogP contribution in [0.15, 0.2) is 18.2 Å². The number of aliphatic hydroxyl groups excluding tert-OH is 1. The van der Waals surface area contributed by atoms with Crippen LogP contribution in [0, 0.1) is 17.6 Å². The fourth-order valence-corrected chi connectivity index (χ4v) is 1.70. The number of nitrogens with one attached hydrogen (secondary N) is 2. The van der Waals surface area contributed by atoms with Gasteiger partial charge in [-0.25, -0.2) is 8.78 Å². The molecule has 1 rings (SSSR count). The normalized spacial score (nSPS) is 13.9. The highest BCUT2D eigenvalue weighted by Gasteiger charge is 2.19. The highest BCUT2D eigenvalue weighted by atomic mass is 19.1. The van der Waals surface area contributed by atoms with Crippen LogP contribution in [-0.2, 0) is 4.79 Å². The number of benzene rings is 1. The molecule has 4 nitrogen and oxygen atoms in total. The third-order valence-corrected chi connectivity index (χ3v) is 2.76. The number of hydrogen-bond donors (Lipinski definition) is 3. The molecule has 0 fully saturated rings. The minimum Gasteiger partial charge on any atom is -0.386 e. The molecule has 0 saturated carbocycles. The van der Waals surface area contributed by atoms with Gasteiger partial charge >= 0.3 is 0 Å². The van der Waals surface area contributed by atoms with E-state index >= 15 is 0 Å². The van der Waals surface area contributed by atoms with Gasteiger partial charge in [-0.2, -0.15) is 0 Å². The summed E-state index contributed by atoms with van der Waals surface area (Å²) >= 11 is 0. The third kappa shape index (κ3) is 4.25. The van der Waals surface area contributed by atoms with Crippen LogP contribution in [0.5, 0.6) is 0 Å². The number of carbonyl (C=O) groups excluding carboxylic acids is 1. The lowest BCUT2D eigenvalue weighted by Gasteiger charge is -2.16. The second kappa shape index (κ2) is 7.16. The zero-order valence-electron chi connectivity index (χ0n) is 10.9. The predicted molar refractivity (Wildman–Crippen MR) is 67.4 cm³/mol. The molecular weight excluding hydrogens is 254 g/mol. The molecule has 2 unspecified atom stereocenters. The molecule has 0 aliphatic rings. The molecule has 0 bridgehead atoms. The molecule has 0 saturated heterocycles. The van der Waals surface area contributed by atoms with Crippen LogP contribution in [0.3, 0.4) is 0 Å². The Kier molecular flexibility index (Phi) is 5.85. The standard InChI is InChI=1S/C13H18F2N2O2/c1-8(6-16-2)13(19)17-7-11(18)12-9(14)4-3-5-10(12)15/h3-5,8,11,16,18H,6-7H2,1-2H3,(H,17,19). The summed E-state index contributed by atoms with van der Waals surface area (Å²) in [7, 11) is 1.72. The number of amides is 1. The summed E-state index contributed by atoms with van der Waals surface area (Å²) in [5, 5.41) is 15.0. The number of rotatable bonds is 6. The Morgan fingerprint density at radius 1 is 1.32 bits per heavy atom. The second-order valence-corrected chi connectivity index (χ2v) is 4.36. The highest BCUT2D eigenvalue weighted by Crippen LogP contribution is 2.19. The number of hydrogen-bond acceptors (Lipinski definition) is 3. The van der Waals surface area contributed by atoms with Crippen molar-refractivity contribution in [2.45, 2.75) is 13.0 Å². The van der Waals surface area contributed by atoms with E-state index in [2.05, 4.69) is 10.6 Å². The summed E-state index contributed by atoms with van der Waals surface area (Å²) in [6, 6.07) is 3.34. The molecule has 0 spiro atoms. The molecular formula is C13H18F2N2O2. The first-order chi connectivity index (χ1) is 8.97. The second-order valence-electron chi connectivity index (χ2n) is 4.36. The van der Waals surface area contributed by atoms with Gasteiger partial charge < -0.3 is 15.7 Å². The predicted octanol–water partition coefficient (Wildman–Crippen LogP) is 0.970. The van der Waals surface area contributed by atoms with Gasteiger partial charge in [0, 0.05) is 19.0 Å². The quantitative estimate of drug-likeness (QED) is 0.723. The Bertz CT molecular complexity index is 420. The summed E-state index contributed by atoms with van der Waals surface area (Å²) < 4.78 is 26.8. The van der Waals surface area contributed by atoms with Gasteiger partial charge in [0.15, 0.2) is 0 Å². The average molecular weight is 272 g/mol. The van der Waals surface area contributed by atoms with Gasteiger partial charge in [0.2, 0.25) is 5.91 Å². The highest BCUT2D eigenvalue weighted by molar-refractivity contribution is 5.78. The first-order valence-electron chi connectivity index (χ1n) is 6.01. The zero-order chi connectivity index (χ0) is 14.4. The van der Waals surface area contributed by atoms with Crippen molar-refractivity contribution in [1.29, 1.82) is 0 Å². The molecule has 106 valence electrons. The van der Waals surface area contributed by atoms with Gasteiger partial charge in [-0.15, -0.1) is 0 Å².